The summed E-state index contributed by atoms with van der Waals surface area (Å²) in [5.41, 5.74) is 8.79. The second-order valence-electron chi connectivity index (χ2n) is 7.89. The number of fused-ring (bicyclic) bond motifs is 1. The summed E-state index contributed by atoms with van der Waals surface area (Å²) in [6, 6.07) is 7.73. The highest BCUT2D eigenvalue weighted by Gasteiger charge is 2.21. The lowest BCUT2D eigenvalue weighted by atomic mass is 9.99. The van der Waals surface area contributed by atoms with E-state index in [-0.39, 0.29) is 27.9 Å². The normalized spacial score (nSPS) is 12.7. The number of benzene rings is 1. The van der Waals surface area contributed by atoms with Gasteiger partial charge < -0.3 is 20.7 Å². The van der Waals surface area contributed by atoms with E-state index >= 15 is 0 Å². The van der Waals surface area contributed by atoms with Gasteiger partial charge in [0.15, 0.2) is 11.3 Å². The van der Waals surface area contributed by atoms with Gasteiger partial charge in [-0.25, -0.2) is 9.37 Å². The van der Waals surface area contributed by atoms with Crippen molar-refractivity contribution >= 4 is 34.1 Å². The van der Waals surface area contributed by atoms with Crippen molar-refractivity contribution in [3.05, 3.63) is 86.3 Å². The number of aromatic nitrogens is 2. The van der Waals surface area contributed by atoms with Crippen molar-refractivity contribution in [2.24, 2.45) is 10.9 Å². The average molecular weight is 482 g/mol. The Bertz CT molecular complexity index is 1500. The van der Waals surface area contributed by atoms with E-state index in [0.29, 0.717) is 33.3 Å². The molecule has 0 bridgehead atoms. The van der Waals surface area contributed by atoms with E-state index in [0.717, 1.165) is 11.8 Å². The molecule has 8 nitrogen and oxygen atoms in total. The molecule has 0 aliphatic heterocycles. The second kappa shape index (κ2) is 9.11. The smallest absolute Gasteiger partial charge is 0.196 e. The highest BCUT2D eigenvalue weighted by molar-refractivity contribution is 6.29. The first-order valence-electron chi connectivity index (χ1n) is 10.3. The van der Waals surface area contributed by atoms with Crippen LogP contribution in [0, 0.1) is 19.7 Å². The van der Waals surface area contributed by atoms with Crippen LogP contribution in [0.4, 0.5) is 10.1 Å². The monoisotopic (exact) mass is 481 g/mol. The lowest BCUT2D eigenvalue weighted by Crippen LogP contribution is -2.19. The molecular weight excluding hydrogens is 461 g/mol. The van der Waals surface area contributed by atoms with Crippen LogP contribution in [0.2, 0.25) is 5.15 Å². The SMILES string of the molecule is Cc1cc([C@@H](C)Nc2ccc(Cl)nc2/C(N)=N/O)c2oc(-c3cncc(F)c3)c(C)c(=O)c2c1. The molecule has 3 heterocycles. The predicted octanol–water partition coefficient (Wildman–Crippen LogP) is 4.93. The molecule has 0 aliphatic rings. The summed E-state index contributed by atoms with van der Waals surface area (Å²) in [4.78, 5) is 21.2. The van der Waals surface area contributed by atoms with Gasteiger partial charge in [-0.15, -0.1) is 0 Å². The third-order valence-electron chi connectivity index (χ3n) is 5.41. The summed E-state index contributed by atoms with van der Waals surface area (Å²) in [6.45, 7) is 5.38. The summed E-state index contributed by atoms with van der Waals surface area (Å²) in [5.74, 6) is -0.508. The molecule has 1 atom stereocenters. The van der Waals surface area contributed by atoms with Crippen molar-refractivity contribution in [1.82, 2.24) is 9.97 Å². The summed E-state index contributed by atoms with van der Waals surface area (Å²) in [7, 11) is 0. The summed E-state index contributed by atoms with van der Waals surface area (Å²) in [6.07, 6.45) is 2.52. The molecule has 0 radical (unpaired) electrons. The Balaban J connectivity index is 1.89. The minimum atomic E-state index is -0.537. The summed E-state index contributed by atoms with van der Waals surface area (Å²) >= 11 is 5.98. The lowest BCUT2D eigenvalue weighted by molar-refractivity contribution is 0.318. The van der Waals surface area contributed by atoms with Crippen LogP contribution >= 0.6 is 11.6 Å². The number of amidine groups is 1. The first-order chi connectivity index (χ1) is 16.2. The number of aryl methyl sites for hydroxylation is 1. The molecule has 3 aromatic heterocycles. The van der Waals surface area contributed by atoms with Crippen LogP contribution in [0.25, 0.3) is 22.3 Å². The van der Waals surface area contributed by atoms with E-state index in [1.165, 1.54) is 12.3 Å². The Kier molecular flexibility index (Phi) is 6.21. The molecule has 0 saturated heterocycles. The molecular formula is C24H21ClFN5O3. The molecule has 0 fully saturated rings. The highest BCUT2D eigenvalue weighted by atomic mass is 35.5. The fourth-order valence-corrected chi connectivity index (χ4v) is 3.95. The van der Waals surface area contributed by atoms with Crippen LogP contribution < -0.4 is 16.5 Å². The Labute approximate surface area is 198 Å². The maximum atomic E-state index is 13.8. The van der Waals surface area contributed by atoms with Gasteiger partial charge in [0.05, 0.1) is 23.3 Å². The fourth-order valence-electron chi connectivity index (χ4n) is 3.81. The van der Waals surface area contributed by atoms with Gasteiger partial charge in [0.2, 0.25) is 0 Å². The zero-order valence-corrected chi connectivity index (χ0v) is 19.3. The first kappa shape index (κ1) is 23.2. The number of anilines is 1. The minimum absolute atomic E-state index is 0.169. The molecule has 34 heavy (non-hydrogen) atoms. The average Bonchev–Trinajstić information content (AvgIpc) is 2.81. The third-order valence-corrected chi connectivity index (χ3v) is 5.62. The van der Waals surface area contributed by atoms with Crippen molar-refractivity contribution in [3.8, 4) is 11.3 Å². The molecule has 1 aromatic carbocycles. The molecule has 0 aliphatic carbocycles. The number of nitrogens with one attached hydrogen (secondary N) is 1. The number of rotatable bonds is 5. The standard InChI is InChI=1S/C24H21ClFN5O3/c1-11-6-16(13(3)29-18-4-5-19(25)30-20(18)24(27)31-33)23-17(7-11)21(32)12(2)22(34-23)14-8-15(26)10-28-9-14/h4-10,13,29,33H,1-3H3,(H2,27,31)/t13-/m1/s1. The molecule has 174 valence electrons. The van der Waals surface area contributed by atoms with Crippen LogP contribution in [0.3, 0.4) is 0 Å². The molecule has 10 heteroatoms. The van der Waals surface area contributed by atoms with Gasteiger partial charge >= 0.3 is 0 Å². The number of hydrogen-bond acceptors (Lipinski definition) is 7. The Morgan fingerprint density at radius 3 is 2.74 bits per heavy atom. The maximum absolute atomic E-state index is 13.8. The van der Waals surface area contributed by atoms with Crippen LogP contribution in [0.5, 0.6) is 0 Å². The molecule has 0 saturated carbocycles. The Morgan fingerprint density at radius 2 is 2.03 bits per heavy atom. The number of halogens is 2. The zero-order valence-electron chi connectivity index (χ0n) is 18.6. The van der Waals surface area contributed by atoms with E-state index in [4.69, 9.17) is 27.0 Å². The van der Waals surface area contributed by atoms with Crippen molar-refractivity contribution in [2.45, 2.75) is 26.8 Å². The van der Waals surface area contributed by atoms with Crippen molar-refractivity contribution in [2.75, 3.05) is 5.32 Å². The number of nitrogens with zero attached hydrogens (tertiary/aromatic N) is 3. The van der Waals surface area contributed by atoms with E-state index in [1.54, 1.807) is 25.1 Å². The summed E-state index contributed by atoms with van der Waals surface area (Å²) < 4.78 is 20.0. The van der Waals surface area contributed by atoms with E-state index in [2.05, 4.69) is 20.4 Å². The van der Waals surface area contributed by atoms with Gasteiger partial charge in [-0.3, -0.25) is 9.78 Å². The topological polar surface area (TPSA) is 127 Å². The Morgan fingerprint density at radius 1 is 1.26 bits per heavy atom. The largest absolute Gasteiger partial charge is 0.455 e. The molecule has 0 amide bonds. The van der Waals surface area contributed by atoms with Crippen LogP contribution in [-0.2, 0) is 0 Å². The van der Waals surface area contributed by atoms with Gasteiger partial charge in [0.1, 0.15) is 28.0 Å². The number of hydrogen-bond donors (Lipinski definition) is 3. The van der Waals surface area contributed by atoms with E-state index in [9.17, 15) is 9.18 Å². The van der Waals surface area contributed by atoms with E-state index in [1.807, 2.05) is 19.9 Å². The fraction of sp³-hybridized carbons (Fsp3) is 0.167. The van der Waals surface area contributed by atoms with Crippen molar-refractivity contribution < 1.29 is 14.0 Å². The van der Waals surface area contributed by atoms with Gasteiger partial charge in [0, 0.05) is 22.9 Å². The molecule has 4 rings (SSSR count). The van der Waals surface area contributed by atoms with Crippen LogP contribution in [0.1, 0.15) is 35.3 Å². The molecule has 4 N–H and O–H groups in total. The molecule has 0 spiro atoms. The molecule has 4 aromatic rings. The lowest BCUT2D eigenvalue weighted by Gasteiger charge is -2.20. The number of oxime groups is 1. The minimum Gasteiger partial charge on any atom is -0.455 e. The van der Waals surface area contributed by atoms with Crippen molar-refractivity contribution in [1.29, 1.82) is 0 Å². The number of pyridine rings is 2. The molecule has 0 unspecified atom stereocenters. The predicted molar refractivity (Wildman–Crippen MR) is 129 cm³/mol. The zero-order chi connectivity index (χ0) is 24.6. The summed E-state index contributed by atoms with van der Waals surface area (Å²) in [5, 5.41) is 16.0. The second-order valence-corrected chi connectivity index (χ2v) is 8.28. The van der Waals surface area contributed by atoms with Gasteiger partial charge in [-0.1, -0.05) is 22.8 Å². The van der Waals surface area contributed by atoms with Crippen LogP contribution in [0.15, 0.2) is 57.1 Å². The first-order valence-corrected chi connectivity index (χ1v) is 10.7. The van der Waals surface area contributed by atoms with Gasteiger partial charge in [-0.2, -0.15) is 0 Å². The quantitative estimate of drug-likeness (QED) is 0.121. The van der Waals surface area contributed by atoms with Crippen molar-refractivity contribution in [3.63, 3.8) is 0 Å². The van der Waals surface area contributed by atoms with Crippen LogP contribution in [-0.4, -0.2) is 21.0 Å². The van der Waals surface area contributed by atoms with E-state index < -0.39 is 11.9 Å². The third kappa shape index (κ3) is 4.29. The van der Waals surface area contributed by atoms with Gasteiger partial charge in [-0.05, 0) is 50.6 Å². The maximum Gasteiger partial charge on any atom is 0.196 e. The van der Waals surface area contributed by atoms with Gasteiger partial charge in [0.25, 0.3) is 0 Å². The number of nitrogens with two attached hydrogens (primary N) is 1. The Hall–Kier alpha value is -3.98. The highest BCUT2D eigenvalue weighted by Crippen LogP contribution is 2.32.